The van der Waals surface area contributed by atoms with Crippen molar-refractivity contribution in [3.05, 3.63) is 0 Å². The molecule has 1 rings (SSSR count). The zero-order valence-corrected chi connectivity index (χ0v) is 12.3. The van der Waals surface area contributed by atoms with Gasteiger partial charge in [-0.15, -0.1) is 0 Å². The smallest absolute Gasteiger partial charge is 0.237 e. The molecule has 1 aliphatic rings. The fourth-order valence-electron chi connectivity index (χ4n) is 2.99. The zero-order valence-electron chi connectivity index (χ0n) is 12.3. The van der Waals surface area contributed by atoms with Gasteiger partial charge >= 0.3 is 0 Å². The van der Waals surface area contributed by atoms with Crippen LogP contribution >= 0.6 is 0 Å². The molecule has 18 heavy (non-hydrogen) atoms. The van der Waals surface area contributed by atoms with Crippen LogP contribution in [0.15, 0.2) is 0 Å². The van der Waals surface area contributed by atoms with Crippen molar-refractivity contribution in [1.82, 2.24) is 10.2 Å². The summed E-state index contributed by atoms with van der Waals surface area (Å²) in [7, 11) is 1.81. The van der Waals surface area contributed by atoms with Gasteiger partial charge in [0.1, 0.15) is 0 Å². The van der Waals surface area contributed by atoms with Crippen LogP contribution in [0.25, 0.3) is 0 Å². The van der Waals surface area contributed by atoms with E-state index < -0.39 is 5.54 Å². The molecule has 106 valence electrons. The van der Waals surface area contributed by atoms with Gasteiger partial charge in [-0.1, -0.05) is 12.8 Å². The van der Waals surface area contributed by atoms with E-state index in [1.165, 1.54) is 25.7 Å². The monoisotopic (exact) mass is 255 g/mol. The van der Waals surface area contributed by atoms with Crippen LogP contribution in [0.2, 0.25) is 0 Å². The standard InChI is InChI=1S/C14H29N3O/c1-11-8-6-5-7-9-17(11)12(2)10-14(3,16-4)13(15)18/h11-12,16H,5-10H2,1-4H3,(H2,15,18). The minimum Gasteiger partial charge on any atom is -0.368 e. The Labute approximate surface area is 111 Å². The van der Waals surface area contributed by atoms with Crippen LogP contribution in [0.5, 0.6) is 0 Å². The Morgan fingerprint density at radius 2 is 2.17 bits per heavy atom. The maximum absolute atomic E-state index is 11.6. The SMILES string of the molecule is CNC(C)(CC(C)N1CCCCCC1C)C(N)=O. The molecule has 0 spiro atoms. The maximum Gasteiger partial charge on any atom is 0.237 e. The van der Waals surface area contributed by atoms with Crippen LogP contribution < -0.4 is 11.1 Å². The van der Waals surface area contributed by atoms with Gasteiger partial charge in [-0.3, -0.25) is 9.69 Å². The third kappa shape index (κ3) is 3.69. The van der Waals surface area contributed by atoms with Crippen molar-refractivity contribution in [2.45, 2.75) is 70.5 Å². The van der Waals surface area contributed by atoms with Crippen molar-refractivity contribution in [1.29, 1.82) is 0 Å². The Hall–Kier alpha value is -0.610. The fraction of sp³-hybridized carbons (Fsp3) is 0.929. The first-order valence-electron chi connectivity index (χ1n) is 7.15. The van der Waals surface area contributed by atoms with E-state index in [9.17, 15) is 4.79 Å². The predicted molar refractivity (Wildman–Crippen MR) is 75.4 cm³/mol. The molecule has 4 nitrogen and oxygen atoms in total. The number of likely N-dealkylation sites (N-methyl/N-ethyl adjacent to an activating group) is 1. The van der Waals surface area contributed by atoms with Crippen molar-refractivity contribution < 1.29 is 4.79 Å². The quantitative estimate of drug-likeness (QED) is 0.782. The Kier molecular flexibility index (Phi) is 5.60. The molecule has 0 saturated carbocycles. The molecule has 1 amide bonds. The highest BCUT2D eigenvalue weighted by Gasteiger charge is 2.34. The van der Waals surface area contributed by atoms with Crippen LogP contribution in [0.4, 0.5) is 0 Å². The van der Waals surface area contributed by atoms with E-state index in [4.69, 9.17) is 5.73 Å². The molecule has 0 aliphatic carbocycles. The van der Waals surface area contributed by atoms with Gasteiger partial charge in [0, 0.05) is 12.1 Å². The van der Waals surface area contributed by atoms with Gasteiger partial charge in [-0.2, -0.15) is 0 Å². The van der Waals surface area contributed by atoms with Crippen LogP contribution in [0.3, 0.4) is 0 Å². The first kappa shape index (κ1) is 15.4. The first-order chi connectivity index (χ1) is 8.40. The minimum absolute atomic E-state index is 0.265. The van der Waals surface area contributed by atoms with E-state index in [1.54, 1.807) is 0 Å². The third-order valence-electron chi connectivity index (χ3n) is 4.47. The van der Waals surface area contributed by atoms with Gasteiger partial charge in [-0.05, 0) is 53.6 Å². The number of hydrogen-bond donors (Lipinski definition) is 2. The molecule has 1 saturated heterocycles. The average molecular weight is 255 g/mol. The van der Waals surface area contributed by atoms with Gasteiger partial charge in [0.2, 0.25) is 5.91 Å². The van der Waals surface area contributed by atoms with Gasteiger partial charge in [-0.25, -0.2) is 0 Å². The zero-order chi connectivity index (χ0) is 13.8. The number of likely N-dealkylation sites (tertiary alicyclic amines) is 1. The van der Waals surface area contributed by atoms with E-state index in [-0.39, 0.29) is 5.91 Å². The molecule has 3 unspecified atom stereocenters. The van der Waals surface area contributed by atoms with Crippen LogP contribution in [0, 0.1) is 0 Å². The van der Waals surface area contributed by atoms with Crippen molar-refractivity contribution in [3.63, 3.8) is 0 Å². The van der Waals surface area contributed by atoms with Crippen LogP contribution in [0.1, 0.15) is 52.9 Å². The molecular formula is C14H29N3O. The second kappa shape index (κ2) is 6.53. The van der Waals surface area contributed by atoms with E-state index in [2.05, 4.69) is 24.1 Å². The summed E-state index contributed by atoms with van der Waals surface area (Å²) in [6.45, 7) is 7.54. The predicted octanol–water partition coefficient (Wildman–Crippen LogP) is 1.49. The molecular weight excluding hydrogens is 226 g/mol. The highest BCUT2D eigenvalue weighted by molar-refractivity contribution is 5.84. The van der Waals surface area contributed by atoms with E-state index in [1.807, 2.05) is 14.0 Å². The topological polar surface area (TPSA) is 58.4 Å². The Bertz CT molecular complexity index is 282. The third-order valence-corrected chi connectivity index (χ3v) is 4.47. The summed E-state index contributed by atoms with van der Waals surface area (Å²) in [5.74, 6) is -0.265. The number of nitrogens with two attached hydrogens (primary N) is 1. The lowest BCUT2D eigenvalue weighted by Gasteiger charge is -2.37. The Morgan fingerprint density at radius 1 is 1.50 bits per heavy atom. The fourth-order valence-corrected chi connectivity index (χ4v) is 2.99. The van der Waals surface area contributed by atoms with Gasteiger partial charge in [0.05, 0.1) is 5.54 Å². The maximum atomic E-state index is 11.6. The summed E-state index contributed by atoms with van der Waals surface area (Å²) < 4.78 is 0. The second-order valence-electron chi connectivity index (χ2n) is 5.94. The Morgan fingerprint density at radius 3 is 2.72 bits per heavy atom. The minimum atomic E-state index is -0.606. The van der Waals surface area contributed by atoms with Gasteiger partial charge < -0.3 is 11.1 Å². The summed E-state index contributed by atoms with van der Waals surface area (Å²) in [6, 6.07) is 0.986. The number of amides is 1. The average Bonchev–Trinajstić information content (AvgIpc) is 2.53. The molecule has 1 heterocycles. The second-order valence-corrected chi connectivity index (χ2v) is 5.94. The number of nitrogens with zero attached hydrogens (tertiary/aromatic N) is 1. The van der Waals surface area contributed by atoms with Crippen molar-refractivity contribution >= 4 is 5.91 Å². The number of primary amides is 1. The number of carbonyl (C=O) groups is 1. The number of nitrogens with one attached hydrogen (secondary N) is 1. The lowest BCUT2D eigenvalue weighted by atomic mass is 9.91. The largest absolute Gasteiger partial charge is 0.368 e. The number of carbonyl (C=O) groups excluding carboxylic acids is 1. The summed E-state index contributed by atoms with van der Waals surface area (Å²) in [5.41, 5.74) is 4.90. The van der Waals surface area contributed by atoms with Gasteiger partial charge in [0.15, 0.2) is 0 Å². The molecule has 0 aromatic rings. The molecule has 0 radical (unpaired) electrons. The summed E-state index contributed by atoms with van der Waals surface area (Å²) >= 11 is 0. The van der Waals surface area contributed by atoms with E-state index >= 15 is 0 Å². The molecule has 1 fully saturated rings. The lowest BCUT2D eigenvalue weighted by Crippen LogP contribution is -2.55. The summed E-state index contributed by atoms with van der Waals surface area (Å²) in [4.78, 5) is 14.1. The molecule has 3 atom stereocenters. The molecule has 0 bridgehead atoms. The van der Waals surface area contributed by atoms with E-state index in [0.29, 0.717) is 12.1 Å². The van der Waals surface area contributed by atoms with Crippen LogP contribution in [-0.2, 0) is 4.79 Å². The summed E-state index contributed by atoms with van der Waals surface area (Å²) in [5, 5.41) is 3.08. The molecule has 1 aliphatic heterocycles. The first-order valence-corrected chi connectivity index (χ1v) is 7.15. The highest BCUT2D eigenvalue weighted by Crippen LogP contribution is 2.23. The van der Waals surface area contributed by atoms with Gasteiger partial charge in [0.25, 0.3) is 0 Å². The van der Waals surface area contributed by atoms with Crippen molar-refractivity contribution in [3.8, 4) is 0 Å². The van der Waals surface area contributed by atoms with Crippen LogP contribution in [-0.4, -0.2) is 42.0 Å². The molecule has 3 N–H and O–H groups in total. The Balaban J connectivity index is 2.67. The molecule has 0 aromatic heterocycles. The lowest BCUT2D eigenvalue weighted by molar-refractivity contribution is -0.124. The normalized spacial score (nSPS) is 27.2. The van der Waals surface area contributed by atoms with Crippen molar-refractivity contribution in [2.75, 3.05) is 13.6 Å². The number of hydrogen-bond acceptors (Lipinski definition) is 3. The summed E-state index contributed by atoms with van der Waals surface area (Å²) in [6.07, 6.45) is 5.94. The molecule has 4 heteroatoms. The van der Waals surface area contributed by atoms with Crippen molar-refractivity contribution in [2.24, 2.45) is 5.73 Å². The highest BCUT2D eigenvalue weighted by atomic mass is 16.1. The molecule has 0 aromatic carbocycles. The number of rotatable bonds is 5. The van der Waals surface area contributed by atoms with E-state index in [0.717, 1.165) is 13.0 Å².